The smallest absolute Gasteiger partial charge is 0.321 e. The van der Waals surface area contributed by atoms with E-state index in [2.05, 4.69) is 15.0 Å². The average Bonchev–Trinajstić information content (AvgIpc) is 2.48. The molecule has 5 heteroatoms. The lowest BCUT2D eigenvalue weighted by Crippen LogP contribution is -1.93. The van der Waals surface area contributed by atoms with Crippen LogP contribution in [0.5, 0.6) is 11.8 Å². The molecule has 3 aromatic rings. The van der Waals surface area contributed by atoms with E-state index >= 15 is 0 Å². The van der Waals surface area contributed by atoms with Gasteiger partial charge < -0.3 is 4.74 Å². The van der Waals surface area contributed by atoms with E-state index in [0.717, 1.165) is 10.9 Å². The Labute approximate surface area is 108 Å². The van der Waals surface area contributed by atoms with Crippen molar-refractivity contribution < 1.29 is 9.53 Å². The van der Waals surface area contributed by atoms with Crippen LogP contribution in [-0.2, 0) is 0 Å². The first-order valence-electron chi connectivity index (χ1n) is 5.65. The Kier molecular flexibility index (Phi) is 2.86. The van der Waals surface area contributed by atoms with Crippen LogP contribution in [0.15, 0.2) is 48.9 Å². The van der Waals surface area contributed by atoms with Gasteiger partial charge in [-0.1, -0.05) is 6.07 Å². The number of aldehydes is 1. The van der Waals surface area contributed by atoms with Gasteiger partial charge in [-0.3, -0.25) is 9.78 Å². The van der Waals surface area contributed by atoms with Crippen molar-refractivity contribution in [3.8, 4) is 11.8 Å². The van der Waals surface area contributed by atoms with Crippen LogP contribution < -0.4 is 4.74 Å². The van der Waals surface area contributed by atoms with Crippen molar-refractivity contribution in [1.29, 1.82) is 0 Å². The van der Waals surface area contributed by atoms with Crippen LogP contribution in [-0.4, -0.2) is 21.2 Å². The zero-order chi connectivity index (χ0) is 13.1. The van der Waals surface area contributed by atoms with Crippen molar-refractivity contribution in [2.45, 2.75) is 0 Å². The zero-order valence-electron chi connectivity index (χ0n) is 9.85. The predicted molar refractivity (Wildman–Crippen MR) is 69.2 cm³/mol. The minimum absolute atomic E-state index is 0.195. The summed E-state index contributed by atoms with van der Waals surface area (Å²) in [6.07, 6.45) is 5.23. The number of aromatic nitrogens is 3. The van der Waals surface area contributed by atoms with Gasteiger partial charge in [-0.25, -0.2) is 9.97 Å². The molecule has 0 atom stereocenters. The number of benzene rings is 1. The normalized spacial score (nSPS) is 10.3. The lowest BCUT2D eigenvalue weighted by atomic mass is 10.2. The third kappa shape index (κ3) is 2.40. The summed E-state index contributed by atoms with van der Waals surface area (Å²) < 4.78 is 5.51. The third-order valence-electron chi connectivity index (χ3n) is 2.57. The van der Waals surface area contributed by atoms with Gasteiger partial charge in [-0.05, 0) is 18.2 Å². The maximum atomic E-state index is 10.5. The summed E-state index contributed by atoms with van der Waals surface area (Å²) in [5.41, 5.74) is 1.25. The fourth-order valence-electron chi connectivity index (χ4n) is 1.65. The Hall–Kier alpha value is -2.82. The summed E-state index contributed by atoms with van der Waals surface area (Å²) in [5, 5.41) is 1.03. The van der Waals surface area contributed by atoms with Crippen LogP contribution in [0.4, 0.5) is 0 Å². The molecule has 0 spiro atoms. The van der Waals surface area contributed by atoms with E-state index in [4.69, 9.17) is 4.74 Å². The van der Waals surface area contributed by atoms with Crippen LogP contribution in [0.3, 0.4) is 0 Å². The summed E-state index contributed by atoms with van der Waals surface area (Å²) in [4.78, 5) is 22.6. The summed E-state index contributed by atoms with van der Waals surface area (Å²) >= 11 is 0. The standard InChI is InChI=1S/C14H9N3O2/c18-9-10-7-16-14(17-8-10)19-12-4-3-11-2-1-5-15-13(11)6-12/h1-9H. The van der Waals surface area contributed by atoms with Gasteiger partial charge in [0.05, 0.1) is 11.1 Å². The van der Waals surface area contributed by atoms with Crippen LogP contribution >= 0.6 is 0 Å². The fourth-order valence-corrected chi connectivity index (χ4v) is 1.65. The van der Waals surface area contributed by atoms with E-state index in [0.29, 0.717) is 17.6 Å². The number of nitrogens with zero attached hydrogens (tertiary/aromatic N) is 3. The van der Waals surface area contributed by atoms with Crippen molar-refractivity contribution in [1.82, 2.24) is 15.0 Å². The second-order valence-corrected chi connectivity index (χ2v) is 3.88. The molecule has 0 unspecified atom stereocenters. The van der Waals surface area contributed by atoms with Crippen molar-refractivity contribution in [2.75, 3.05) is 0 Å². The monoisotopic (exact) mass is 251 g/mol. The first-order valence-corrected chi connectivity index (χ1v) is 5.65. The number of hydrogen-bond donors (Lipinski definition) is 0. The molecule has 0 saturated carbocycles. The first kappa shape index (κ1) is 11.3. The number of carbonyl (C=O) groups is 1. The topological polar surface area (TPSA) is 65.0 Å². The maximum Gasteiger partial charge on any atom is 0.321 e. The second-order valence-electron chi connectivity index (χ2n) is 3.88. The number of fused-ring (bicyclic) bond motifs is 1. The number of hydrogen-bond acceptors (Lipinski definition) is 5. The second kappa shape index (κ2) is 4.81. The van der Waals surface area contributed by atoms with Gasteiger partial charge in [0, 0.05) is 30.0 Å². The third-order valence-corrected chi connectivity index (χ3v) is 2.57. The summed E-state index contributed by atoms with van der Waals surface area (Å²) in [6.45, 7) is 0. The van der Waals surface area contributed by atoms with Crippen LogP contribution in [0.2, 0.25) is 0 Å². The molecule has 0 saturated heterocycles. The molecule has 0 aliphatic rings. The fraction of sp³-hybridized carbons (Fsp3) is 0. The molecule has 0 aliphatic heterocycles. The highest BCUT2D eigenvalue weighted by atomic mass is 16.5. The van der Waals surface area contributed by atoms with E-state index in [1.807, 2.05) is 30.3 Å². The maximum absolute atomic E-state index is 10.5. The van der Waals surface area contributed by atoms with Gasteiger partial charge in [-0.2, -0.15) is 0 Å². The van der Waals surface area contributed by atoms with Gasteiger partial charge in [0.15, 0.2) is 6.29 Å². The van der Waals surface area contributed by atoms with Crippen LogP contribution in [0.25, 0.3) is 10.9 Å². The molecule has 2 heterocycles. The Bertz CT molecular complexity index is 726. The minimum atomic E-state index is 0.195. The Morgan fingerprint density at radius 3 is 2.68 bits per heavy atom. The Morgan fingerprint density at radius 2 is 1.89 bits per heavy atom. The average molecular weight is 251 g/mol. The predicted octanol–water partition coefficient (Wildman–Crippen LogP) is 2.63. The van der Waals surface area contributed by atoms with E-state index < -0.39 is 0 Å². The summed E-state index contributed by atoms with van der Waals surface area (Å²) in [6, 6.07) is 9.59. The molecular formula is C14H9N3O2. The molecule has 3 rings (SSSR count). The highest BCUT2D eigenvalue weighted by Gasteiger charge is 2.02. The van der Waals surface area contributed by atoms with Crippen LogP contribution in [0, 0.1) is 0 Å². The van der Waals surface area contributed by atoms with E-state index in [-0.39, 0.29) is 6.01 Å². The van der Waals surface area contributed by atoms with E-state index in [1.54, 1.807) is 6.20 Å². The van der Waals surface area contributed by atoms with E-state index in [1.165, 1.54) is 12.4 Å². The molecule has 5 nitrogen and oxygen atoms in total. The number of ether oxygens (including phenoxy) is 1. The quantitative estimate of drug-likeness (QED) is 0.669. The summed E-state index contributed by atoms with van der Waals surface area (Å²) in [5.74, 6) is 0.602. The van der Waals surface area contributed by atoms with Gasteiger partial charge >= 0.3 is 6.01 Å². The van der Waals surface area contributed by atoms with Gasteiger partial charge in [0.25, 0.3) is 0 Å². The van der Waals surface area contributed by atoms with Gasteiger partial charge in [0.2, 0.25) is 0 Å². The lowest BCUT2D eigenvalue weighted by Gasteiger charge is -2.04. The number of pyridine rings is 1. The summed E-state index contributed by atoms with van der Waals surface area (Å²) in [7, 11) is 0. The molecule has 0 amide bonds. The van der Waals surface area contributed by atoms with Crippen molar-refractivity contribution in [3.63, 3.8) is 0 Å². The molecular weight excluding hydrogens is 242 g/mol. The Balaban J connectivity index is 1.89. The molecule has 0 N–H and O–H groups in total. The minimum Gasteiger partial charge on any atom is -0.424 e. The molecule has 0 fully saturated rings. The molecule has 0 aliphatic carbocycles. The molecule has 1 aromatic carbocycles. The molecule has 0 bridgehead atoms. The van der Waals surface area contributed by atoms with Gasteiger partial charge in [-0.15, -0.1) is 0 Å². The largest absolute Gasteiger partial charge is 0.424 e. The number of carbonyl (C=O) groups excluding carboxylic acids is 1. The van der Waals surface area contributed by atoms with Crippen molar-refractivity contribution >= 4 is 17.2 Å². The van der Waals surface area contributed by atoms with Crippen LogP contribution in [0.1, 0.15) is 10.4 Å². The number of rotatable bonds is 3. The van der Waals surface area contributed by atoms with E-state index in [9.17, 15) is 4.79 Å². The Morgan fingerprint density at radius 1 is 1.05 bits per heavy atom. The molecule has 92 valence electrons. The lowest BCUT2D eigenvalue weighted by molar-refractivity contribution is 0.112. The van der Waals surface area contributed by atoms with Gasteiger partial charge in [0.1, 0.15) is 5.75 Å². The molecule has 2 aromatic heterocycles. The van der Waals surface area contributed by atoms with Crippen molar-refractivity contribution in [2.24, 2.45) is 0 Å². The SMILES string of the molecule is O=Cc1cnc(Oc2ccc3cccnc3c2)nc1. The highest BCUT2D eigenvalue weighted by molar-refractivity contribution is 5.79. The zero-order valence-corrected chi connectivity index (χ0v) is 9.85. The highest BCUT2D eigenvalue weighted by Crippen LogP contribution is 2.22. The first-order chi connectivity index (χ1) is 9.35. The molecule has 19 heavy (non-hydrogen) atoms. The molecule has 0 radical (unpaired) electrons. The van der Waals surface area contributed by atoms with Crippen molar-refractivity contribution in [3.05, 3.63) is 54.5 Å².